The van der Waals surface area contributed by atoms with Crippen LogP contribution < -0.4 is 11.1 Å². The third kappa shape index (κ3) is 3.25. The molecule has 110 valence electrons. The van der Waals surface area contributed by atoms with E-state index in [2.05, 4.69) is 20.5 Å². The van der Waals surface area contributed by atoms with Crippen LogP contribution >= 0.6 is 12.2 Å². The molecule has 0 unspecified atom stereocenters. The molecule has 2 rings (SSSR count). The van der Waals surface area contributed by atoms with E-state index >= 15 is 0 Å². The number of rotatable bonds is 3. The minimum absolute atomic E-state index is 0.0984. The summed E-state index contributed by atoms with van der Waals surface area (Å²) in [5, 5.41) is 29.0. The van der Waals surface area contributed by atoms with Crippen LogP contribution in [-0.2, 0) is 4.79 Å². The Morgan fingerprint density at radius 2 is 2.23 bits per heavy atom. The monoisotopic (exact) mass is 314 g/mol. The first-order valence-corrected chi connectivity index (χ1v) is 6.35. The molecule has 0 atom stereocenters. The Labute approximate surface area is 130 Å². The lowest BCUT2D eigenvalue weighted by Crippen LogP contribution is -2.18. The van der Waals surface area contributed by atoms with Gasteiger partial charge in [-0.3, -0.25) is 4.79 Å². The molecular weight excluding hydrogens is 304 g/mol. The number of para-hydroxylation sites is 1. The van der Waals surface area contributed by atoms with Gasteiger partial charge in [0.1, 0.15) is 11.6 Å². The van der Waals surface area contributed by atoms with Gasteiger partial charge in [-0.1, -0.05) is 18.2 Å². The zero-order chi connectivity index (χ0) is 16.1. The lowest BCUT2D eigenvalue weighted by Gasteiger charge is -1.96. The number of amides is 1. The number of hydrogen-bond acceptors (Lipinski definition) is 5. The summed E-state index contributed by atoms with van der Waals surface area (Å²) in [4.78, 5) is 13.6. The van der Waals surface area contributed by atoms with Gasteiger partial charge in [0.2, 0.25) is 11.0 Å². The second kappa shape index (κ2) is 6.47. The number of aromatic amines is 1. The summed E-state index contributed by atoms with van der Waals surface area (Å²) in [6.45, 7) is 0. The lowest BCUT2D eigenvalue weighted by atomic mass is 10.2. The van der Waals surface area contributed by atoms with Crippen molar-refractivity contribution in [3.8, 4) is 11.9 Å². The molecule has 0 aliphatic carbocycles. The number of primary amides is 1. The fraction of sp³-hybridized carbons (Fsp3) is 0. The molecule has 2 aromatic rings. The van der Waals surface area contributed by atoms with Crippen molar-refractivity contribution in [3.05, 3.63) is 36.0 Å². The third-order valence-electron chi connectivity index (χ3n) is 2.63. The van der Waals surface area contributed by atoms with Crippen molar-refractivity contribution >= 4 is 39.8 Å². The molecular formula is C13H10N6O2S. The molecule has 5 N–H and O–H groups in total. The molecule has 1 aromatic carbocycles. The molecule has 8 nitrogen and oxygen atoms in total. The van der Waals surface area contributed by atoms with Crippen molar-refractivity contribution in [2.75, 3.05) is 0 Å². The van der Waals surface area contributed by atoms with E-state index in [1.807, 2.05) is 6.07 Å². The number of aromatic hydroxyl groups is 1. The molecule has 0 spiro atoms. The summed E-state index contributed by atoms with van der Waals surface area (Å²) < 4.78 is 0. The van der Waals surface area contributed by atoms with E-state index in [1.54, 1.807) is 24.3 Å². The van der Waals surface area contributed by atoms with Gasteiger partial charge in [0.05, 0.1) is 5.52 Å². The smallest absolute Gasteiger partial charge is 0.260 e. The van der Waals surface area contributed by atoms with Crippen LogP contribution in [0.5, 0.6) is 5.88 Å². The van der Waals surface area contributed by atoms with Crippen LogP contribution in [0.3, 0.4) is 0 Å². The van der Waals surface area contributed by atoms with E-state index in [1.165, 1.54) is 0 Å². The fourth-order valence-electron chi connectivity index (χ4n) is 1.63. The van der Waals surface area contributed by atoms with Crippen LogP contribution in [0.25, 0.3) is 10.9 Å². The summed E-state index contributed by atoms with van der Waals surface area (Å²) in [5.74, 6) is -1.03. The molecule has 0 aliphatic rings. The second-order valence-electron chi connectivity index (χ2n) is 4.05. The van der Waals surface area contributed by atoms with Gasteiger partial charge in [-0.15, -0.1) is 10.2 Å². The minimum Gasteiger partial charge on any atom is -0.493 e. The number of azo groups is 1. The number of carbonyl (C=O) groups excluding carboxylic acids is 1. The topological polar surface area (TPSA) is 140 Å². The average Bonchev–Trinajstić information content (AvgIpc) is 2.80. The SMILES string of the molecule is N#C/C(=C\NC(=S)N=Nc1c(O)[nH]c2ccccc12)C(N)=O. The number of benzene rings is 1. The number of carbonyl (C=O) groups is 1. The maximum absolute atomic E-state index is 10.8. The number of nitrogens with one attached hydrogen (secondary N) is 2. The highest BCUT2D eigenvalue weighted by Gasteiger charge is 2.09. The molecule has 0 radical (unpaired) electrons. The molecule has 0 bridgehead atoms. The summed E-state index contributed by atoms with van der Waals surface area (Å²) in [6, 6.07) is 8.75. The standard InChI is InChI=1S/C13H10N6O2S/c14-5-7(11(15)20)6-16-13(22)19-18-10-8-3-1-2-4-9(8)17-12(10)21/h1-4,6,17,21H,(H2,15,20)(H,16,22)/b7-6+,19-18?. The van der Waals surface area contributed by atoms with E-state index in [4.69, 9.17) is 23.2 Å². The van der Waals surface area contributed by atoms with Gasteiger partial charge < -0.3 is 21.1 Å². The molecule has 0 saturated carbocycles. The Balaban J connectivity index is 2.17. The number of H-pyrrole nitrogens is 1. The Morgan fingerprint density at radius 1 is 1.50 bits per heavy atom. The largest absolute Gasteiger partial charge is 0.493 e. The van der Waals surface area contributed by atoms with Crippen molar-refractivity contribution in [1.29, 1.82) is 5.26 Å². The Bertz CT molecular complexity index is 846. The number of aromatic nitrogens is 1. The van der Waals surface area contributed by atoms with Crippen molar-refractivity contribution in [3.63, 3.8) is 0 Å². The number of thiocarbonyl (C=S) groups is 1. The highest BCUT2D eigenvalue weighted by molar-refractivity contribution is 7.80. The van der Waals surface area contributed by atoms with Crippen molar-refractivity contribution < 1.29 is 9.90 Å². The molecule has 0 fully saturated rings. The van der Waals surface area contributed by atoms with Crippen molar-refractivity contribution in [2.45, 2.75) is 0 Å². The molecule has 0 saturated heterocycles. The predicted octanol–water partition coefficient (Wildman–Crippen LogP) is 1.72. The number of hydrogen-bond donors (Lipinski definition) is 4. The van der Waals surface area contributed by atoms with E-state index in [0.29, 0.717) is 10.9 Å². The van der Waals surface area contributed by atoms with Gasteiger partial charge in [-0.05, 0) is 18.3 Å². The van der Waals surface area contributed by atoms with Crippen LogP contribution in [0.2, 0.25) is 0 Å². The van der Waals surface area contributed by atoms with Crippen molar-refractivity contribution in [2.24, 2.45) is 16.0 Å². The Kier molecular flexibility index (Phi) is 4.45. The summed E-state index contributed by atoms with van der Waals surface area (Å²) in [5.41, 5.74) is 5.60. The molecule has 1 heterocycles. The van der Waals surface area contributed by atoms with Gasteiger partial charge in [0.25, 0.3) is 5.91 Å². The number of nitrogens with two attached hydrogens (primary N) is 1. The first kappa shape index (κ1) is 15.1. The van der Waals surface area contributed by atoms with Gasteiger partial charge in [0.15, 0.2) is 5.69 Å². The van der Waals surface area contributed by atoms with E-state index < -0.39 is 5.91 Å². The van der Waals surface area contributed by atoms with E-state index in [0.717, 1.165) is 6.20 Å². The number of nitriles is 1. The Morgan fingerprint density at radius 3 is 2.91 bits per heavy atom. The van der Waals surface area contributed by atoms with Gasteiger partial charge in [0, 0.05) is 11.6 Å². The van der Waals surface area contributed by atoms with Crippen LogP contribution in [0.1, 0.15) is 0 Å². The maximum atomic E-state index is 10.8. The molecule has 1 aromatic heterocycles. The highest BCUT2D eigenvalue weighted by Crippen LogP contribution is 2.35. The number of nitrogens with zero attached hydrogens (tertiary/aromatic N) is 3. The first-order chi connectivity index (χ1) is 10.5. The minimum atomic E-state index is -0.885. The average molecular weight is 314 g/mol. The quantitative estimate of drug-likeness (QED) is 0.295. The highest BCUT2D eigenvalue weighted by atomic mass is 32.1. The maximum Gasteiger partial charge on any atom is 0.260 e. The predicted molar refractivity (Wildman–Crippen MR) is 83.1 cm³/mol. The van der Waals surface area contributed by atoms with E-state index in [9.17, 15) is 9.90 Å². The summed E-state index contributed by atoms with van der Waals surface area (Å²) in [6.07, 6.45) is 1.04. The summed E-state index contributed by atoms with van der Waals surface area (Å²) in [7, 11) is 0. The second-order valence-corrected chi connectivity index (χ2v) is 4.44. The number of fused-ring (bicyclic) bond motifs is 1. The molecule has 0 aliphatic heterocycles. The first-order valence-electron chi connectivity index (χ1n) is 5.95. The molecule has 1 amide bonds. The molecule has 9 heteroatoms. The van der Waals surface area contributed by atoms with Gasteiger partial charge >= 0.3 is 0 Å². The Hall–Kier alpha value is -3.25. The zero-order valence-electron chi connectivity index (χ0n) is 11.1. The van der Waals surface area contributed by atoms with E-state index in [-0.39, 0.29) is 22.3 Å². The lowest BCUT2D eigenvalue weighted by molar-refractivity contribution is -0.114. The van der Waals surface area contributed by atoms with Crippen LogP contribution in [0, 0.1) is 11.3 Å². The van der Waals surface area contributed by atoms with Gasteiger partial charge in [-0.2, -0.15) is 5.26 Å². The van der Waals surface area contributed by atoms with Crippen LogP contribution in [-0.4, -0.2) is 21.1 Å². The normalized spacial score (nSPS) is 11.5. The van der Waals surface area contributed by atoms with Crippen LogP contribution in [0.4, 0.5) is 5.69 Å². The third-order valence-corrected chi connectivity index (χ3v) is 2.83. The van der Waals surface area contributed by atoms with Gasteiger partial charge in [-0.25, -0.2) is 0 Å². The van der Waals surface area contributed by atoms with Crippen LogP contribution in [0.15, 0.2) is 46.3 Å². The fourth-order valence-corrected chi connectivity index (χ4v) is 1.73. The van der Waals surface area contributed by atoms with Crippen molar-refractivity contribution in [1.82, 2.24) is 10.3 Å². The molecule has 22 heavy (non-hydrogen) atoms. The zero-order valence-corrected chi connectivity index (χ0v) is 11.9. The summed E-state index contributed by atoms with van der Waals surface area (Å²) >= 11 is 4.88.